The van der Waals surface area contributed by atoms with Crippen molar-refractivity contribution in [3.8, 4) is 0 Å². The minimum Gasteiger partial charge on any atom is -0.480 e. The van der Waals surface area contributed by atoms with Crippen molar-refractivity contribution < 1.29 is 24.2 Å². The van der Waals surface area contributed by atoms with Crippen molar-refractivity contribution in [3.63, 3.8) is 0 Å². The molecule has 330 valence electrons. The van der Waals surface area contributed by atoms with E-state index in [1.807, 2.05) is 19.0 Å². The van der Waals surface area contributed by atoms with E-state index < -0.39 is 5.97 Å². The van der Waals surface area contributed by atoms with Crippen LogP contribution in [0.1, 0.15) is 132 Å². The number of likely N-dealkylation sites (N-methyl/N-ethyl adjacent to an activating group) is 1. The number of carboxylic acids is 1. The van der Waals surface area contributed by atoms with E-state index in [4.69, 9.17) is 5.11 Å². The van der Waals surface area contributed by atoms with Gasteiger partial charge < -0.3 is 19.6 Å². The molecule has 10 heteroatoms. The monoisotopic (exact) mass is 794 g/mol. The van der Waals surface area contributed by atoms with Gasteiger partial charge in [0, 0.05) is 14.1 Å². The van der Waals surface area contributed by atoms with Crippen molar-refractivity contribution >= 4 is 17.8 Å². The predicted octanol–water partition coefficient (Wildman–Crippen LogP) is 7.95. The first kappa shape index (κ1) is 52.3. The lowest BCUT2D eigenvalue weighted by Crippen LogP contribution is -2.41. The highest BCUT2D eigenvalue weighted by Gasteiger charge is 2.24. The van der Waals surface area contributed by atoms with E-state index in [-0.39, 0.29) is 18.4 Å². The van der Waals surface area contributed by atoms with Crippen LogP contribution in [0.2, 0.25) is 0 Å². The van der Waals surface area contributed by atoms with Crippen molar-refractivity contribution in [2.24, 2.45) is 47.3 Å². The normalized spacial score (nSPS) is 20.2. The highest BCUT2D eigenvalue weighted by atomic mass is 16.5. The third-order valence-corrected chi connectivity index (χ3v) is 12.0. The number of methoxy groups -OCH3 is 1. The molecule has 0 aliphatic carbocycles. The summed E-state index contributed by atoms with van der Waals surface area (Å²) in [7, 11) is 7.33. The van der Waals surface area contributed by atoms with E-state index in [0.29, 0.717) is 13.1 Å². The molecule has 0 saturated carbocycles. The average molecular weight is 794 g/mol. The number of esters is 1. The maximum Gasteiger partial charge on any atom is 0.319 e. The van der Waals surface area contributed by atoms with Crippen LogP contribution in [0.25, 0.3) is 0 Å². The van der Waals surface area contributed by atoms with Gasteiger partial charge in [0.05, 0.1) is 26.7 Å². The van der Waals surface area contributed by atoms with Gasteiger partial charge in [-0.15, -0.1) is 0 Å². The first-order valence-corrected chi connectivity index (χ1v) is 22.7. The molecule has 4 aliphatic rings. The van der Waals surface area contributed by atoms with E-state index in [2.05, 4.69) is 81.9 Å². The van der Waals surface area contributed by atoms with Crippen LogP contribution in [0.3, 0.4) is 0 Å². The molecule has 10 nitrogen and oxygen atoms in total. The van der Waals surface area contributed by atoms with Gasteiger partial charge in [0.2, 0.25) is 5.91 Å². The third-order valence-electron chi connectivity index (χ3n) is 12.0. The van der Waals surface area contributed by atoms with Crippen LogP contribution in [0, 0.1) is 47.3 Å². The van der Waals surface area contributed by atoms with Crippen LogP contribution < -0.4 is 0 Å². The second-order valence-electron chi connectivity index (χ2n) is 19.7. The molecule has 4 aliphatic heterocycles. The summed E-state index contributed by atoms with van der Waals surface area (Å²) in [5, 5.41) is 8.64. The fourth-order valence-electron chi connectivity index (χ4n) is 8.88. The Morgan fingerprint density at radius 3 is 1.09 bits per heavy atom. The van der Waals surface area contributed by atoms with Crippen LogP contribution >= 0.6 is 0 Å². The number of carboxylic acid groups (broad SMARTS) is 1. The molecule has 0 radical (unpaired) electrons. The molecule has 56 heavy (non-hydrogen) atoms. The number of piperidine rings is 4. The Morgan fingerprint density at radius 1 is 0.536 bits per heavy atom. The molecule has 0 aromatic carbocycles. The molecule has 0 spiro atoms. The third kappa shape index (κ3) is 26.3. The van der Waals surface area contributed by atoms with Gasteiger partial charge in [0.25, 0.3) is 0 Å². The summed E-state index contributed by atoms with van der Waals surface area (Å²) in [5.74, 6) is 6.25. The molecule has 4 heterocycles. The SMILES string of the molecule is CC(C)CC1CCN(C)CC1.CC(C)CC1CCN(CC(=O)N(C)C)CC1.CC(C)CC1CCN(CC(=O)O)CC1.COC(=O)CN1CCC(CC(C)C)CC1. The number of nitrogens with zero attached hydrogens (tertiary/aromatic N) is 5. The van der Waals surface area contributed by atoms with Crippen LogP contribution in [0.5, 0.6) is 0 Å². The number of ether oxygens (including phenoxy) is 1. The second-order valence-corrected chi connectivity index (χ2v) is 19.7. The molecule has 0 atom stereocenters. The molecular weight excluding hydrogens is 703 g/mol. The Balaban J connectivity index is 0.000000376. The number of carbonyl (C=O) groups is 3. The number of likely N-dealkylation sites (tertiary alicyclic amines) is 4. The average Bonchev–Trinajstić information content (AvgIpc) is 3.11. The lowest BCUT2D eigenvalue weighted by Gasteiger charge is -2.32. The first-order valence-electron chi connectivity index (χ1n) is 22.7. The summed E-state index contributed by atoms with van der Waals surface area (Å²) in [6.07, 6.45) is 15.6. The lowest BCUT2D eigenvalue weighted by molar-refractivity contribution is -0.142. The maximum absolute atomic E-state index is 11.6. The molecule has 4 saturated heterocycles. The van der Waals surface area contributed by atoms with Gasteiger partial charge in [-0.05, 0) is 184 Å². The van der Waals surface area contributed by atoms with Crippen molar-refractivity contribution in [1.82, 2.24) is 24.5 Å². The number of carbonyl (C=O) groups excluding carboxylic acids is 2. The van der Waals surface area contributed by atoms with Crippen molar-refractivity contribution in [3.05, 3.63) is 0 Å². The standard InChI is InChI=1S/C13H26N2O.C12H23NO2.C11H21NO2.C10H21N/c1-11(2)9-12-5-7-15(8-6-12)10-13(16)14(3)4;1-10(2)8-11-4-6-13(7-5-11)9-12(14)15-3;1-9(2)7-10-3-5-12(6-4-10)8-11(13)14;1-9(2)8-10-4-6-11(3)7-5-10/h11-12H,5-10H2,1-4H3;10-11H,4-9H2,1-3H3;9-10H,3-8H2,1-2H3,(H,13,14);9-10H,4-8H2,1-3H3. The van der Waals surface area contributed by atoms with Crippen LogP contribution in [-0.2, 0) is 19.1 Å². The number of rotatable bonds is 14. The summed E-state index contributed by atoms with van der Waals surface area (Å²) in [6, 6.07) is 0. The van der Waals surface area contributed by atoms with E-state index in [1.165, 1.54) is 97.2 Å². The van der Waals surface area contributed by atoms with E-state index in [0.717, 1.165) is 86.6 Å². The van der Waals surface area contributed by atoms with E-state index in [9.17, 15) is 14.4 Å². The fourth-order valence-corrected chi connectivity index (χ4v) is 8.88. The van der Waals surface area contributed by atoms with Crippen LogP contribution in [-0.4, -0.2) is 148 Å². The van der Waals surface area contributed by atoms with Gasteiger partial charge in [-0.2, -0.15) is 0 Å². The summed E-state index contributed by atoms with van der Waals surface area (Å²) in [4.78, 5) is 43.8. The number of hydrogen-bond acceptors (Lipinski definition) is 8. The molecule has 0 aromatic rings. The minimum absolute atomic E-state index is 0.114. The molecule has 0 aromatic heterocycles. The first-order chi connectivity index (χ1) is 26.4. The second kappa shape index (κ2) is 29.5. The topological polar surface area (TPSA) is 96.9 Å². The molecule has 1 N–H and O–H groups in total. The zero-order valence-electron chi connectivity index (χ0n) is 38.7. The van der Waals surface area contributed by atoms with E-state index in [1.54, 1.807) is 4.90 Å². The maximum atomic E-state index is 11.6. The largest absolute Gasteiger partial charge is 0.480 e. The Morgan fingerprint density at radius 2 is 0.821 bits per heavy atom. The lowest BCUT2D eigenvalue weighted by atomic mass is 9.89. The Kier molecular flexibility index (Phi) is 27.5. The summed E-state index contributed by atoms with van der Waals surface area (Å²) in [6.45, 7) is 28.4. The predicted molar refractivity (Wildman–Crippen MR) is 234 cm³/mol. The van der Waals surface area contributed by atoms with Gasteiger partial charge in [0.1, 0.15) is 0 Å². The van der Waals surface area contributed by atoms with Crippen LogP contribution in [0.15, 0.2) is 0 Å². The summed E-state index contributed by atoms with van der Waals surface area (Å²) < 4.78 is 4.66. The molecule has 4 rings (SSSR count). The number of amides is 1. The minimum atomic E-state index is -0.702. The van der Waals surface area contributed by atoms with Gasteiger partial charge in [-0.3, -0.25) is 29.1 Å². The Hall–Kier alpha value is -1.75. The quantitative estimate of drug-likeness (QED) is 0.176. The van der Waals surface area contributed by atoms with Crippen molar-refractivity contribution in [2.45, 2.75) is 132 Å². The van der Waals surface area contributed by atoms with E-state index >= 15 is 0 Å². The summed E-state index contributed by atoms with van der Waals surface area (Å²) >= 11 is 0. The smallest absolute Gasteiger partial charge is 0.319 e. The molecule has 0 unspecified atom stereocenters. The zero-order valence-corrected chi connectivity index (χ0v) is 38.7. The van der Waals surface area contributed by atoms with Gasteiger partial charge >= 0.3 is 11.9 Å². The van der Waals surface area contributed by atoms with Crippen LogP contribution in [0.4, 0.5) is 0 Å². The molecular formula is C46H91N5O5. The molecule has 1 amide bonds. The highest BCUT2D eigenvalue weighted by Crippen LogP contribution is 2.26. The van der Waals surface area contributed by atoms with Gasteiger partial charge in [-0.25, -0.2) is 0 Å². The number of aliphatic carboxylic acids is 1. The Labute approximate surface area is 345 Å². The Bertz CT molecular complexity index is 1020. The highest BCUT2D eigenvalue weighted by molar-refractivity contribution is 5.77. The van der Waals surface area contributed by atoms with Gasteiger partial charge in [0.15, 0.2) is 0 Å². The van der Waals surface area contributed by atoms with Crippen molar-refractivity contribution in [1.29, 1.82) is 0 Å². The molecule has 4 fully saturated rings. The van der Waals surface area contributed by atoms with Gasteiger partial charge in [-0.1, -0.05) is 55.4 Å². The van der Waals surface area contributed by atoms with Crippen molar-refractivity contribution in [2.75, 3.05) is 100 Å². The number of hydrogen-bond donors (Lipinski definition) is 1. The zero-order chi connectivity index (χ0) is 42.2. The fraction of sp³-hybridized carbons (Fsp3) is 0.935. The summed E-state index contributed by atoms with van der Waals surface area (Å²) in [5.41, 5.74) is 0. The molecule has 0 bridgehead atoms.